The third-order valence-electron chi connectivity index (χ3n) is 6.86. The Morgan fingerprint density at radius 1 is 1.02 bits per heavy atom. The van der Waals surface area contributed by atoms with Crippen molar-refractivity contribution in [3.8, 4) is 40.5 Å². The summed E-state index contributed by atoms with van der Waals surface area (Å²) in [4.78, 5) is 28.3. The molecular formula is C33H30FNO5P+. The minimum atomic E-state index is -3.37. The molecule has 8 heteroatoms. The predicted octanol–water partition coefficient (Wildman–Crippen LogP) is 6.66. The molecule has 3 atom stereocenters. The zero-order valence-electron chi connectivity index (χ0n) is 22.9. The number of rotatable bonds is 9. The Morgan fingerprint density at radius 2 is 1.66 bits per heavy atom. The lowest BCUT2D eigenvalue weighted by molar-refractivity contribution is -0.138. The standard InChI is InChI=1S/C33H29FNO5P/c1-5-33(22(4)36,41(38)39)32(37)40-31-28(24-15-17-26(34)18-16-24)20-29(35-30(31)21(2)3)27-14-10-9-13-25(27)19-23-11-7-6-8-12-23/h1,6-18,20-22,36H,19H2,2-4H3/p+1. The zero-order chi connectivity index (χ0) is 29.7. The number of aromatic nitrogens is 1. The molecule has 0 aliphatic rings. The lowest BCUT2D eigenvalue weighted by atomic mass is 9.93. The van der Waals surface area contributed by atoms with E-state index in [1.54, 1.807) is 18.2 Å². The Hall–Kier alpha value is -4.21. The Bertz CT molecular complexity index is 1610. The van der Waals surface area contributed by atoms with Gasteiger partial charge in [-0.25, -0.2) is 14.2 Å². The number of nitrogens with zero attached hydrogens (tertiary/aromatic N) is 1. The van der Waals surface area contributed by atoms with Crippen LogP contribution in [0.25, 0.3) is 22.4 Å². The fourth-order valence-electron chi connectivity index (χ4n) is 4.59. The van der Waals surface area contributed by atoms with Crippen molar-refractivity contribution >= 4 is 14.0 Å². The highest BCUT2D eigenvalue weighted by molar-refractivity contribution is 7.42. The highest BCUT2D eigenvalue weighted by Gasteiger charge is 2.62. The van der Waals surface area contributed by atoms with Crippen LogP contribution in [0.4, 0.5) is 4.39 Å². The fourth-order valence-corrected chi connectivity index (χ4v) is 5.22. The molecule has 0 saturated heterocycles. The average molecular weight is 571 g/mol. The number of hydrogen-bond acceptors (Lipinski definition) is 5. The Labute approximate surface area is 239 Å². The molecule has 4 aromatic rings. The molecule has 0 radical (unpaired) electrons. The van der Waals surface area contributed by atoms with E-state index in [0.29, 0.717) is 28.9 Å². The number of aliphatic hydroxyl groups is 1. The largest absolute Gasteiger partial charge is 0.540 e. The van der Waals surface area contributed by atoms with Gasteiger partial charge in [0.05, 0.1) is 11.4 Å². The monoisotopic (exact) mass is 570 g/mol. The Morgan fingerprint density at radius 3 is 2.24 bits per heavy atom. The van der Waals surface area contributed by atoms with Crippen LogP contribution in [0.2, 0.25) is 0 Å². The lowest BCUT2D eigenvalue weighted by Gasteiger charge is -2.22. The average Bonchev–Trinajstić information content (AvgIpc) is 2.94. The highest BCUT2D eigenvalue weighted by Crippen LogP contribution is 2.43. The van der Waals surface area contributed by atoms with E-state index < -0.39 is 31.1 Å². The molecule has 0 fully saturated rings. The number of benzene rings is 3. The minimum Gasteiger partial charge on any atom is -0.419 e. The van der Waals surface area contributed by atoms with Gasteiger partial charge in [-0.15, -0.1) is 6.42 Å². The van der Waals surface area contributed by atoms with Crippen molar-refractivity contribution in [2.24, 2.45) is 0 Å². The van der Waals surface area contributed by atoms with E-state index in [1.165, 1.54) is 12.1 Å². The molecule has 6 nitrogen and oxygen atoms in total. The molecule has 3 unspecified atom stereocenters. The maximum atomic E-state index is 13.9. The molecule has 1 heterocycles. The van der Waals surface area contributed by atoms with E-state index in [-0.39, 0.29) is 11.7 Å². The Kier molecular flexibility index (Phi) is 9.10. The molecule has 0 saturated carbocycles. The van der Waals surface area contributed by atoms with Crippen LogP contribution >= 0.6 is 8.03 Å². The fraction of sp³-hybridized carbons (Fsp3) is 0.212. The van der Waals surface area contributed by atoms with Crippen LogP contribution in [0.15, 0.2) is 84.9 Å². The molecule has 0 spiro atoms. The zero-order valence-corrected chi connectivity index (χ0v) is 23.8. The number of hydrogen-bond donors (Lipinski definition) is 2. The highest BCUT2D eigenvalue weighted by atomic mass is 31.1. The molecule has 208 valence electrons. The molecular weight excluding hydrogens is 540 g/mol. The van der Waals surface area contributed by atoms with Gasteiger partial charge < -0.3 is 9.84 Å². The van der Waals surface area contributed by atoms with Gasteiger partial charge in [-0.2, -0.15) is 4.89 Å². The molecule has 0 bridgehead atoms. The van der Waals surface area contributed by atoms with Crippen LogP contribution in [0.1, 0.15) is 43.5 Å². The summed E-state index contributed by atoms with van der Waals surface area (Å²) in [6.07, 6.45) is 4.47. The number of halogens is 1. The van der Waals surface area contributed by atoms with E-state index in [2.05, 4.69) is 0 Å². The van der Waals surface area contributed by atoms with E-state index >= 15 is 0 Å². The number of esters is 1. The molecule has 41 heavy (non-hydrogen) atoms. The quantitative estimate of drug-likeness (QED) is 0.133. The number of terminal acetylenes is 1. The van der Waals surface area contributed by atoms with Gasteiger partial charge in [0, 0.05) is 11.1 Å². The van der Waals surface area contributed by atoms with Crippen molar-refractivity contribution in [2.45, 2.75) is 44.4 Å². The van der Waals surface area contributed by atoms with Gasteiger partial charge in [-0.05, 0) is 64.6 Å². The molecule has 0 aliphatic carbocycles. The number of carbonyl (C=O) groups excluding carboxylic acids is 1. The van der Waals surface area contributed by atoms with Crippen LogP contribution in [0, 0.1) is 18.2 Å². The summed E-state index contributed by atoms with van der Waals surface area (Å²) in [5.74, 6) is 0.0223. The Balaban J connectivity index is 1.94. The second-order valence-electron chi connectivity index (χ2n) is 10.00. The van der Waals surface area contributed by atoms with E-state index in [9.17, 15) is 23.7 Å². The molecule has 0 aliphatic heterocycles. The lowest BCUT2D eigenvalue weighted by Crippen LogP contribution is -2.46. The third-order valence-corrected chi connectivity index (χ3v) is 8.15. The number of aliphatic hydroxyl groups excluding tert-OH is 1. The number of carbonyl (C=O) groups is 1. The number of pyridine rings is 1. The first kappa shape index (κ1) is 29.8. The van der Waals surface area contributed by atoms with Crippen molar-refractivity contribution in [3.63, 3.8) is 0 Å². The maximum Gasteiger partial charge on any atom is 0.540 e. The third kappa shape index (κ3) is 6.11. The summed E-state index contributed by atoms with van der Waals surface area (Å²) in [7, 11) is -3.37. The van der Waals surface area contributed by atoms with Gasteiger partial charge in [-0.1, -0.05) is 80.6 Å². The molecule has 3 aromatic carbocycles. The van der Waals surface area contributed by atoms with Crippen molar-refractivity contribution in [3.05, 3.63) is 108 Å². The first-order valence-electron chi connectivity index (χ1n) is 13.1. The van der Waals surface area contributed by atoms with Gasteiger partial charge in [-0.3, -0.25) is 0 Å². The van der Waals surface area contributed by atoms with Gasteiger partial charge in [0.1, 0.15) is 11.9 Å². The SMILES string of the molecule is C#CC(C(=O)Oc1c(-c2ccc(F)cc2)cc(-c2ccccc2Cc2ccccc2)nc1C(C)C)(C(C)O)[P+](=O)O. The first-order valence-corrected chi connectivity index (χ1v) is 14.3. The second-order valence-corrected chi connectivity index (χ2v) is 11.3. The molecule has 2 N–H and O–H groups in total. The van der Waals surface area contributed by atoms with Crippen LogP contribution in [-0.4, -0.2) is 32.2 Å². The van der Waals surface area contributed by atoms with Crippen molar-refractivity contribution < 1.29 is 28.5 Å². The smallest absolute Gasteiger partial charge is 0.419 e. The number of ether oxygens (including phenoxy) is 1. The molecule has 4 rings (SSSR count). The van der Waals surface area contributed by atoms with Gasteiger partial charge in [0.2, 0.25) is 0 Å². The van der Waals surface area contributed by atoms with Crippen LogP contribution in [0.3, 0.4) is 0 Å². The van der Waals surface area contributed by atoms with Gasteiger partial charge in [0.25, 0.3) is 0 Å². The normalized spacial score (nSPS) is 13.7. The predicted molar refractivity (Wildman–Crippen MR) is 157 cm³/mol. The summed E-state index contributed by atoms with van der Waals surface area (Å²) in [5.41, 5.74) is 4.92. The summed E-state index contributed by atoms with van der Waals surface area (Å²) < 4.78 is 31.9. The van der Waals surface area contributed by atoms with E-state index in [4.69, 9.17) is 16.1 Å². The summed E-state index contributed by atoms with van der Waals surface area (Å²) in [5, 5.41) is 7.78. The van der Waals surface area contributed by atoms with E-state index in [1.807, 2.05) is 74.4 Å². The van der Waals surface area contributed by atoms with Gasteiger partial charge in [0.15, 0.2) is 5.75 Å². The topological polar surface area (TPSA) is 96.7 Å². The van der Waals surface area contributed by atoms with Crippen molar-refractivity contribution in [1.29, 1.82) is 0 Å². The molecule has 0 amide bonds. The van der Waals surface area contributed by atoms with Crippen LogP contribution in [-0.2, 0) is 15.8 Å². The summed E-state index contributed by atoms with van der Waals surface area (Å²) in [6, 6.07) is 25.2. The minimum absolute atomic E-state index is 0.0121. The summed E-state index contributed by atoms with van der Waals surface area (Å²) in [6.45, 7) is 4.88. The molecule has 1 aromatic heterocycles. The van der Waals surface area contributed by atoms with Crippen LogP contribution < -0.4 is 4.74 Å². The second kappa shape index (κ2) is 12.5. The van der Waals surface area contributed by atoms with Crippen molar-refractivity contribution in [2.75, 3.05) is 0 Å². The van der Waals surface area contributed by atoms with Crippen molar-refractivity contribution in [1.82, 2.24) is 4.98 Å². The van der Waals surface area contributed by atoms with Gasteiger partial charge >= 0.3 is 19.2 Å². The first-order chi connectivity index (χ1) is 19.6. The van der Waals surface area contributed by atoms with E-state index in [0.717, 1.165) is 23.6 Å². The summed E-state index contributed by atoms with van der Waals surface area (Å²) >= 11 is 0. The van der Waals surface area contributed by atoms with Crippen LogP contribution in [0.5, 0.6) is 5.75 Å². The maximum absolute atomic E-state index is 13.9.